The summed E-state index contributed by atoms with van der Waals surface area (Å²) < 4.78 is 0. The third-order valence-corrected chi connectivity index (χ3v) is 6.32. The Labute approximate surface area is 181 Å². The molecule has 4 heterocycles. The van der Waals surface area contributed by atoms with Crippen molar-refractivity contribution in [1.29, 1.82) is 5.41 Å². The third-order valence-electron chi connectivity index (χ3n) is 6.32. The maximum atomic E-state index is 13.0. The van der Waals surface area contributed by atoms with Crippen molar-refractivity contribution in [3.8, 4) is 5.75 Å². The number of hydrogen-bond donors (Lipinski definition) is 3. The summed E-state index contributed by atoms with van der Waals surface area (Å²) in [5.74, 6) is 0.650. The fourth-order valence-corrected chi connectivity index (χ4v) is 4.49. The number of nitrogens with two attached hydrogens (primary N) is 1. The number of nitrogen functional groups attached to an aromatic ring is 1. The number of piperidine rings is 2. The average molecular weight is 424 g/mol. The molecule has 164 valence electrons. The number of pyridine rings is 1. The lowest BCUT2D eigenvalue weighted by atomic mass is 9.88. The van der Waals surface area contributed by atoms with E-state index < -0.39 is 0 Å². The maximum Gasteiger partial charge on any atom is 0.225 e. The van der Waals surface area contributed by atoms with Gasteiger partial charge < -0.3 is 21.1 Å². The number of nitrogens with one attached hydrogen (secondary N) is 1. The Morgan fingerprint density at radius 2 is 1.71 bits per heavy atom. The van der Waals surface area contributed by atoms with Crippen LogP contribution >= 0.6 is 0 Å². The molecule has 2 aliphatic heterocycles. The lowest BCUT2D eigenvalue weighted by Gasteiger charge is -2.37. The molecule has 2 fully saturated rings. The highest BCUT2D eigenvalue weighted by molar-refractivity contribution is 6.00. The summed E-state index contributed by atoms with van der Waals surface area (Å²) in [5.41, 5.74) is 7.29. The minimum atomic E-state index is 0.0221. The predicted octanol–water partition coefficient (Wildman–Crippen LogP) is 1.68. The van der Waals surface area contributed by atoms with E-state index in [-0.39, 0.29) is 29.4 Å². The van der Waals surface area contributed by atoms with Crippen LogP contribution in [-0.2, 0) is 11.3 Å². The van der Waals surface area contributed by atoms with Gasteiger partial charge in [0.25, 0.3) is 0 Å². The Morgan fingerprint density at radius 3 is 2.35 bits per heavy atom. The van der Waals surface area contributed by atoms with E-state index in [2.05, 4.69) is 19.9 Å². The molecule has 4 N–H and O–H groups in total. The van der Waals surface area contributed by atoms with Crippen molar-refractivity contribution in [3.05, 3.63) is 42.0 Å². The fourth-order valence-electron chi connectivity index (χ4n) is 4.49. The van der Waals surface area contributed by atoms with Crippen LogP contribution in [0, 0.1) is 17.2 Å². The molecule has 2 aliphatic rings. The average Bonchev–Trinajstić information content (AvgIpc) is 2.81. The SMILES string of the molecule is N=C(c1ncccc1O)C1CCN(C(=O)C2CCN(Cc3cnc(N)nc3)CC2)CC1. The normalized spacial score (nSPS) is 18.8. The lowest BCUT2D eigenvalue weighted by Crippen LogP contribution is -2.46. The molecule has 0 aromatic carbocycles. The molecule has 0 aliphatic carbocycles. The molecule has 9 heteroatoms. The topological polar surface area (TPSA) is 132 Å². The first-order valence-electron chi connectivity index (χ1n) is 10.8. The van der Waals surface area contributed by atoms with E-state index in [0.717, 1.165) is 50.9 Å². The van der Waals surface area contributed by atoms with E-state index in [1.54, 1.807) is 30.7 Å². The minimum Gasteiger partial charge on any atom is -0.506 e. The molecule has 0 atom stereocenters. The molecule has 9 nitrogen and oxygen atoms in total. The van der Waals surface area contributed by atoms with Crippen LogP contribution in [0.5, 0.6) is 5.75 Å². The highest BCUT2D eigenvalue weighted by Gasteiger charge is 2.32. The first-order chi connectivity index (χ1) is 15.0. The highest BCUT2D eigenvalue weighted by atomic mass is 16.3. The molecule has 2 aromatic rings. The Morgan fingerprint density at radius 1 is 1.06 bits per heavy atom. The van der Waals surface area contributed by atoms with Crippen molar-refractivity contribution in [1.82, 2.24) is 24.8 Å². The van der Waals surface area contributed by atoms with Crippen LogP contribution in [0.3, 0.4) is 0 Å². The number of anilines is 1. The third kappa shape index (κ3) is 4.99. The maximum absolute atomic E-state index is 13.0. The summed E-state index contributed by atoms with van der Waals surface area (Å²) >= 11 is 0. The van der Waals surface area contributed by atoms with Crippen molar-refractivity contribution in [2.45, 2.75) is 32.2 Å². The van der Waals surface area contributed by atoms with Gasteiger partial charge in [-0.15, -0.1) is 0 Å². The van der Waals surface area contributed by atoms with Gasteiger partial charge >= 0.3 is 0 Å². The summed E-state index contributed by atoms with van der Waals surface area (Å²) in [6, 6.07) is 3.21. The van der Waals surface area contributed by atoms with Gasteiger partial charge in [0.1, 0.15) is 11.4 Å². The summed E-state index contributed by atoms with van der Waals surface area (Å²) in [7, 11) is 0. The lowest BCUT2D eigenvalue weighted by molar-refractivity contribution is -0.138. The molecule has 4 rings (SSSR count). The number of carbonyl (C=O) groups is 1. The van der Waals surface area contributed by atoms with Gasteiger partial charge in [-0.25, -0.2) is 9.97 Å². The second kappa shape index (κ2) is 9.38. The second-order valence-corrected chi connectivity index (χ2v) is 8.38. The number of nitrogens with zero attached hydrogens (tertiary/aromatic N) is 5. The van der Waals surface area contributed by atoms with Crippen LogP contribution in [0.4, 0.5) is 5.95 Å². The summed E-state index contributed by atoms with van der Waals surface area (Å²) in [6.45, 7) is 3.84. The number of hydrogen-bond acceptors (Lipinski definition) is 8. The number of rotatable bonds is 5. The molecule has 0 spiro atoms. The number of likely N-dealkylation sites (tertiary alicyclic amines) is 2. The van der Waals surface area contributed by atoms with E-state index in [1.165, 1.54) is 0 Å². The monoisotopic (exact) mass is 423 g/mol. The molecule has 0 unspecified atom stereocenters. The van der Waals surface area contributed by atoms with E-state index >= 15 is 0 Å². The largest absolute Gasteiger partial charge is 0.506 e. The van der Waals surface area contributed by atoms with Gasteiger partial charge in [-0.2, -0.15) is 0 Å². The zero-order chi connectivity index (χ0) is 21.8. The number of aromatic nitrogens is 3. The number of carbonyl (C=O) groups excluding carboxylic acids is 1. The number of amides is 1. The zero-order valence-electron chi connectivity index (χ0n) is 17.6. The summed E-state index contributed by atoms with van der Waals surface area (Å²) in [5, 5.41) is 18.4. The van der Waals surface area contributed by atoms with Crippen molar-refractivity contribution in [2.24, 2.45) is 11.8 Å². The van der Waals surface area contributed by atoms with Gasteiger partial charge in [0, 0.05) is 55.6 Å². The van der Waals surface area contributed by atoms with Crippen molar-refractivity contribution < 1.29 is 9.90 Å². The molecule has 2 aromatic heterocycles. The zero-order valence-corrected chi connectivity index (χ0v) is 17.6. The molecule has 0 radical (unpaired) electrons. The molecule has 1 amide bonds. The van der Waals surface area contributed by atoms with Gasteiger partial charge in [0.15, 0.2) is 0 Å². The van der Waals surface area contributed by atoms with Gasteiger partial charge in [0.05, 0.1) is 5.71 Å². The quantitative estimate of drug-likeness (QED) is 0.623. The standard InChI is InChI=1S/C22H29N7O2/c23-19(20-18(30)2-1-7-25-20)16-5-10-29(11-6-16)21(31)17-3-8-28(9-4-17)14-15-12-26-22(24)27-13-15/h1-2,7,12-13,16-17,23,30H,3-6,8-11,14H2,(H2,24,26,27). The minimum absolute atomic E-state index is 0.0221. The van der Waals surface area contributed by atoms with Gasteiger partial charge in [-0.3, -0.25) is 14.7 Å². The van der Waals surface area contributed by atoms with Crippen molar-refractivity contribution in [3.63, 3.8) is 0 Å². The van der Waals surface area contributed by atoms with E-state index in [1.807, 2.05) is 4.90 Å². The van der Waals surface area contributed by atoms with Crippen LogP contribution in [-0.4, -0.2) is 67.7 Å². The van der Waals surface area contributed by atoms with E-state index in [4.69, 9.17) is 11.1 Å². The van der Waals surface area contributed by atoms with Crippen LogP contribution in [0.1, 0.15) is 36.9 Å². The van der Waals surface area contributed by atoms with Crippen LogP contribution < -0.4 is 5.73 Å². The molecular formula is C22H29N7O2. The summed E-state index contributed by atoms with van der Waals surface area (Å²) in [4.78, 5) is 29.5. The fraction of sp³-hybridized carbons (Fsp3) is 0.500. The van der Waals surface area contributed by atoms with Gasteiger partial charge in [-0.05, 0) is 50.9 Å². The summed E-state index contributed by atoms with van der Waals surface area (Å²) in [6.07, 6.45) is 8.28. The van der Waals surface area contributed by atoms with Crippen LogP contribution in [0.15, 0.2) is 30.7 Å². The number of aromatic hydroxyl groups is 1. The molecular weight excluding hydrogens is 394 g/mol. The van der Waals surface area contributed by atoms with Crippen molar-refractivity contribution in [2.75, 3.05) is 31.9 Å². The van der Waals surface area contributed by atoms with E-state index in [9.17, 15) is 9.90 Å². The first-order valence-corrected chi connectivity index (χ1v) is 10.8. The highest BCUT2D eigenvalue weighted by Crippen LogP contribution is 2.27. The molecule has 0 saturated carbocycles. The predicted molar refractivity (Wildman–Crippen MR) is 116 cm³/mol. The Balaban J connectivity index is 1.24. The molecule has 31 heavy (non-hydrogen) atoms. The first kappa shape index (κ1) is 21.2. The molecule has 0 bridgehead atoms. The van der Waals surface area contributed by atoms with Crippen LogP contribution in [0.25, 0.3) is 0 Å². The Hall–Kier alpha value is -3.07. The van der Waals surface area contributed by atoms with Gasteiger partial charge in [-0.1, -0.05) is 0 Å². The van der Waals surface area contributed by atoms with Gasteiger partial charge in [0.2, 0.25) is 11.9 Å². The molecule has 2 saturated heterocycles. The van der Waals surface area contributed by atoms with E-state index in [0.29, 0.717) is 24.5 Å². The van der Waals surface area contributed by atoms with Crippen molar-refractivity contribution >= 4 is 17.6 Å². The Kier molecular flexibility index (Phi) is 6.41. The smallest absolute Gasteiger partial charge is 0.225 e. The van der Waals surface area contributed by atoms with Crippen LogP contribution in [0.2, 0.25) is 0 Å². The second-order valence-electron chi connectivity index (χ2n) is 8.38. The Bertz CT molecular complexity index is 918.